The maximum Gasteiger partial charge on any atom is 0.408 e. The Morgan fingerprint density at radius 3 is 2.05 bits per heavy atom. The van der Waals surface area contributed by atoms with Gasteiger partial charge in [0.25, 0.3) is 5.91 Å². The number of nitrogens with zero attached hydrogens (tertiary/aromatic N) is 1. The van der Waals surface area contributed by atoms with Crippen molar-refractivity contribution in [3.05, 3.63) is 64.2 Å². The highest BCUT2D eigenvalue weighted by Gasteiger charge is 2.36. The van der Waals surface area contributed by atoms with Crippen molar-refractivity contribution >= 4 is 23.6 Å². The van der Waals surface area contributed by atoms with Crippen LogP contribution in [-0.4, -0.2) is 41.0 Å². The summed E-state index contributed by atoms with van der Waals surface area (Å²) in [5, 5.41) is 5.72. The van der Waals surface area contributed by atoms with Gasteiger partial charge in [-0.2, -0.15) is 0 Å². The maximum atomic E-state index is 14.2. The fraction of sp³-hybridized carbons (Fsp3) is 0.531. The number of rotatable bonds is 10. The highest BCUT2D eigenvalue weighted by molar-refractivity contribution is 5.99. The number of hydrogen-bond acceptors (Lipinski definition) is 4. The summed E-state index contributed by atoms with van der Waals surface area (Å²) >= 11 is 0. The van der Waals surface area contributed by atoms with E-state index in [0.29, 0.717) is 12.3 Å². The molecule has 0 saturated carbocycles. The number of ether oxygens (including phenoxy) is 1. The van der Waals surface area contributed by atoms with Gasteiger partial charge in [-0.15, -0.1) is 0 Å². The SMILES string of the molecule is Cc1ccc(C(C(=O)Nc2c(C)cccc2C)N(C(=O)CNC(=O)OC(C)(C)C)C(C)CCC(C)C)c(C)c1. The Kier molecular flexibility index (Phi) is 11.1. The number of hydrogen-bond donors (Lipinski definition) is 2. The zero-order valence-electron chi connectivity index (χ0n) is 25.4. The molecule has 0 aliphatic heterocycles. The summed E-state index contributed by atoms with van der Waals surface area (Å²) < 4.78 is 5.34. The summed E-state index contributed by atoms with van der Waals surface area (Å²) in [6.07, 6.45) is 0.935. The molecule has 2 rings (SSSR count). The van der Waals surface area contributed by atoms with Crippen molar-refractivity contribution in [2.24, 2.45) is 5.92 Å². The van der Waals surface area contributed by atoms with Crippen molar-refractivity contribution in [1.29, 1.82) is 0 Å². The summed E-state index contributed by atoms with van der Waals surface area (Å²) in [6.45, 7) is 19.1. The van der Waals surface area contributed by atoms with Gasteiger partial charge in [0, 0.05) is 11.7 Å². The number of benzene rings is 2. The van der Waals surface area contributed by atoms with Crippen molar-refractivity contribution in [1.82, 2.24) is 10.2 Å². The molecule has 0 aliphatic carbocycles. The zero-order chi connectivity index (χ0) is 29.5. The van der Waals surface area contributed by atoms with E-state index in [1.807, 2.05) is 71.0 Å². The fourth-order valence-corrected chi connectivity index (χ4v) is 4.66. The molecule has 0 fully saturated rings. The number of para-hydroxylation sites is 1. The van der Waals surface area contributed by atoms with Crippen molar-refractivity contribution in [2.75, 3.05) is 11.9 Å². The van der Waals surface area contributed by atoms with Gasteiger partial charge in [-0.25, -0.2) is 4.79 Å². The Labute approximate surface area is 234 Å². The predicted octanol–water partition coefficient (Wildman–Crippen LogP) is 6.78. The van der Waals surface area contributed by atoms with Crippen LogP contribution in [0.1, 0.15) is 88.2 Å². The minimum absolute atomic E-state index is 0.255. The summed E-state index contributed by atoms with van der Waals surface area (Å²) in [5.41, 5.74) is 4.69. The largest absolute Gasteiger partial charge is 0.444 e. The van der Waals surface area contributed by atoms with Crippen molar-refractivity contribution in [3.8, 4) is 0 Å². The van der Waals surface area contributed by atoms with E-state index < -0.39 is 17.7 Å². The van der Waals surface area contributed by atoms with E-state index in [1.165, 1.54) is 0 Å². The molecule has 7 nitrogen and oxygen atoms in total. The smallest absolute Gasteiger partial charge is 0.408 e. The molecule has 2 atom stereocenters. The molecule has 2 N–H and O–H groups in total. The van der Waals surface area contributed by atoms with Gasteiger partial charge in [-0.05, 0) is 96.4 Å². The van der Waals surface area contributed by atoms with Gasteiger partial charge in [-0.3, -0.25) is 9.59 Å². The first-order valence-electron chi connectivity index (χ1n) is 13.8. The average Bonchev–Trinajstić information content (AvgIpc) is 2.81. The van der Waals surface area contributed by atoms with Crippen LogP contribution in [0.4, 0.5) is 10.5 Å². The van der Waals surface area contributed by atoms with E-state index in [9.17, 15) is 14.4 Å². The van der Waals surface area contributed by atoms with E-state index in [1.54, 1.807) is 25.7 Å². The molecule has 2 unspecified atom stereocenters. The van der Waals surface area contributed by atoms with E-state index in [-0.39, 0.29) is 24.4 Å². The first kappa shape index (κ1) is 31.9. The van der Waals surface area contributed by atoms with Gasteiger partial charge in [0.05, 0.1) is 0 Å². The van der Waals surface area contributed by atoms with Crippen LogP contribution in [0.25, 0.3) is 0 Å². The number of carbonyl (C=O) groups excluding carboxylic acids is 3. The third-order valence-corrected chi connectivity index (χ3v) is 6.68. The zero-order valence-corrected chi connectivity index (χ0v) is 25.4. The molecule has 0 spiro atoms. The lowest BCUT2D eigenvalue weighted by atomic mass is 9.94. The van der Waals surface area contributed by atoms with Crippen molar-refractivity contribution in [2.45, 2.75) is 99.8 Å². The molecular formula is C32H47N3O4. The van der Waals surface area contributed by atoms with Crippen molar-refractivity contribution < 1.29 is 19.1 Å². The molecule has 0 bridgehead atoms. The molecule has 0 radical (unpaired) electrons. The summed E-state index contributed by atoms with van der Waals surface area (Å²) in [4.78, 5) is 42.0. The standard InChI is InChI=1S/C32H47N3O4/c1-20(2)14-16-25(7)35(27(36)19-33-31(38)39-32(8,9)10)29(26-17-15-21(3)18-24(26)6)30(37)34-28-22(4)12-11-13-23(28)5/h11-13,15,17-18,20,25,29H,14,16,19H2,1-10H3,(H,33,38)(H,34,37). The van der Waals surface area contributed by atoms with Gasteiger partial charge < -0.3 is 20.3 Å². The number of carbonyl (C=O) groups is 3. The lowest BCUT2D eigenvalue weighted by Gasteiger charge is -2.37. The van der Waals surface area contributed by atoms with Gasteiger partial charge in [-0.1, -0.05) is 55.8 Å². The van der Waals surface area contributed by atoms with Crippen LogP contribution in [0.5, 0.6) is 0 Å². The minimum atomic E-state index is -0.889. The van der Waals surface area contributed by atoms with E-state index in [2.05, 4.69) is 24.5 Å². The van der Waals surface area contributed by atoms with Crippen LogP contribution in [-0.2, 0) is 14.3 Å². The topological polar surface area (TPSA) is 87.7 Å². The van der Waals surface area contributed by atoms with E-state index >= 15 is 0 Å². The number of alkyl carbamates (subject to hydrolysis) is 1. The van der Waals surface area contributed by atoms with E-state index in [4.69, 9.17) is 4.74 Å². The molecule has 0 aromatic heterocycles. The monoisotopic (exact) mass is 537 g/mol. The Morgan fingerprint density at radius 1 is 0.897 bits per heavy atom. The normalized spacial score (nSPS) is 13.0. The second kappa shape index (κ2) is 13.6. The maximum absolute atomic E-state index is 14.2. The highest BCUT2D eigenvalue weighted by atomic mass is 16.6. The summed E-state index contributed by atoms with van der Waals surface area (Å²) in [7, 11) is 0. The second-order valence-corrected chi connectivity index (χ2v) is 12.0. The lowest BCUT2D eigenvalue weighted by Crippen LogP contribution is -2.50. The van der Waals surface area contributed by atoms with Gasteiger partial charge in [0.15, 0.2) is 0 Å². The van der Waals surface area contributed by atoms with Crippen LogP contribution < -0.4 is 10.6 Å². The Bertz CT molecular complexity index is 1150. The van der Waals surface area contributed by atoms with Gasteiger partial charge in [0.2, 0.25) is 5.91 Å². The number of anilines is 1. The highest BCUT2D eigenvalue weighted by Crippen LogP contribution is 2.31. The van der Waals surface area contributed by atoms with Crippen molar-refractivity contribution in [3.63, 3.8) is 0 Å². The number of nitrogens with one attached hydrogen (secondary N) is 2. The Morgan fingerprint density at radius 2 is 1.51 bits per heavy atom. The first-order valence-corrected chi connectivity index (χ1v) is 13.8. The molecule has 7 heteroatoms. The molecule has 0 heterocycles. The van der Waals surface area contributed by atoms with Crippen LogP contribution in [0.2, 0.25) is 0 Å². The molecule has 0 saturated heterocycles. The number of amides is 3. The second-order valence-electron chi connectivity index (χ2n) is 12.0. The molecule has 2 aromatic carbocycles. The van der Waals surface area contributed by atoms with Gasteiger partial charge in [0.1, 0.15) is 18.2 Å². The predicted molar refractivity (Wildman–Crippen MR) is 158 cm³/mol. The number of aryl methyl sites for hydroxylation is 4. The Balaban J connectivity index is 2.55. The van der Waals surface area contributed by atoms with Crippen LogP contribution in [0.15, 0.2) is 36.4 Å². The minimum Gasteiger partial charge on any atom is -0.444 e. The molecule has 3 amide bonds. The summed E-state index contributed by atoms with van der Waals surface area (Å²) in [6, 6.07) is 10.6. The molecule has 39 heavy (non-hydrogen) atoms. The van der Waals surface area contributed by atoms with Crippen LogP contribution in [0.3, 0.4) is 0 Å². The van der Waals surface area contributed by atoms with E-state index in [0.717, 1.165) is 39.9 Å². The molecular weight excluding hydrogens is 490 g/mol. The molecule has 2 aromatic rings. The van der Waals surface area contributed by atoms with Crippen LogP contribution >= 0.6 is 0 Å². The quantitative estimate of drug-likeness (QED) is 0.350. The van der Waals surface area contributed by atoms with Crippen LogP contribution in [0, 0.1) is 33.6 Å². The summed E-state index contributed by atoms with van der Waals surface area (Å²) in [5.74, 6) is -0.201. The van der Waals surface area contributed by atoms with Gasteiger partial charge >= 0.3 is 6.09 Å². The fourth-order valence-electron chi connectivity index (χ4n) is 4.66. The first-order chi connectivity index (χ1) is 18.1. The third-order valence-electron chi connectivity index (χ3n) is 6.68. The average molecular weight is 538 g/mol. The molecule has 214 valence electrons. The lowest BCUT2D eigenvalue weighted by molar-refractivity contribution is -0.141. The Hall–Kier alpha value is -3.35. The third kappa shape index (κ3) is 9.41. The molecule has 0 aliphatic rings.